The first kappa shape index (κ1) is 21.8. The van der Waals surface area contributed by atoms with E-state index in [0.717, 1.165) is 5.56 Å². The molecule has 0 aromatic heterocycles. The molecule has 1 heterocycles. The number of rotatable bonds is 4. The first-order valence-electron chi connectivity index (χ1n) is 8.94. The van der Waals surface area contributed by atoms with Gasteiger partial charge in [-0.25, -0.2) is 17.6 Å². The third-order valence-electron chi connectivity index (χ3n) is 4.75. The third kappa shape index (κ3) is 5.01. The maximum Gasteiger partial charge on any atom is 0.317 e. The van der Waals surface area contributed by atoms with Crippen molar-refractivity contribution < 1.29 is 17.6 Å². The van der Waals surface area contributed by atoms with E-state index in [2.05, 4.69) is 5.32 Å². The second-order valence-electron chi connectivity index (χ2n) is 6.69. The van der Waals surface area contributed by atoms with Crippen molar-refractivity contribution in [3.8, 4) is 0 Å². The number of amides is 2. The van der Waals surface area contributed by atoms with E-state index in [9.17, 15) is 17.6 Å². The van der Waals surface area contributed by atoms with E-state index in [0.29, 0.717) is 0 Å². The normalized spacial score (nSPS) is 16.5. The van der Waals surface area contributed by atoms with Gasteiger partial charge >= 0.3 is 6.03 Å². The van der Waals surface area contributed by atoms with Gasteiger partial charge in [0.1, 0.15) is 10.7 Å². The standard InChI is InChI=1S/C19H20Cl2FN3O3S/c1-13(14-2-5-16(22)6-3-14)23-19(26)24-8-10-25(11-9-24)29(27,28)18-12-15(20)4-7-17(18)21/h2-7,12-13H,8-11H2,1H3,(H,23,26). The fourth-order valence-corrected chi connectivity index (χ4v) is 5.22. The Morgan fingerprint density at radius 2 is 1.69 bits per heavy atom. The van der Waals surface area contributed by atoms with Crippen molar-refractivity contribution in [2.75, 3.05) is 26.2 Å². The van der Waals surface area contributed by atoms with Gasteiger partial charge in [-0.15, -0.1) is 0 Å². The zero-order chi connectivity index (χ0) is 21.2. The monoisotopic (exact) mass is 459 g/mol. The molecule has 29 heavy (non-hydrogen) atoms. The van der Waals surface area contributed by atoms with Crippen LogP contribution in [0.2, 0.25) is 10.0 Å². The number of carbonyl (C=O) groups excluding carboxylic acids is 1. The molecule has 1 N–H and O–H groups in total. The van der Waals surface area contributed by atoms with Crippen molar-refractivity contribution in [3.63, 3.8) is 0 Å². The lowest BCUT2D eigenvalue weighted by atomic mass is 10.1. The van der Waals surface area contributed by atoms with Crippen molar-refractivity contribution in [1.82, 2.24) is 14.5 Å². The summed E-state index contributed by atoms with van der Waals surface area (Å²) < 4.78 is 40.1. The number of carbonyl (C=O) groups is 1. The number of halogens is 3. The van der Waals surface area contributed by atoms with Gasteiger partial charge in [0, 0.05) is 31.2 Å². The van der Waals surface area contributed by atoms with E-state index in [1.54, 1.807) is 24.0 Å². The summed E-state index contributed by atoms with van der Waals surface area (Å²) in [7, 11) is -3.81. The van der Waals surface area contributed by atoms with E-state index in [1.165, 1.54) is 34.6 Å². The molecule has 2 aromatic carbocycles. The van der Waals surface area contributed by atoms with Gasteiger partial charge in [-0.1, -0.05) is 35.3 Å². The predicted octanol–water partition coefficient (Wildman–Crippen LogP) is 3.91. The van der Waals surface area contributed by atoms with Crippen LogP contribution in [0.1, 0.15) is 18.5 Å². The molecule has 0 aliphatic carbocycles. The van der Waals surface area contributed by atoms with Crippen LogP contribution in [0.5, 0.6) is 0 Å². The highest BCUT2D eigenvalue weighted by molar-refractivity contribution is 7.89. The lowest BCUT2D eigenvalue weighted by molar-refractivity contribution is 0.169. The molecule has 1 atom stereocenters. The zero-order valence-electron chi connectivity index (χ0n) is 15.6. The minimum atomic E-state index is -3.81. The molecule has 1 saturated heterocycles. The fourth-order valence-electron chi connectivity index (χ4n) is 3.06. The van der Waals surface area contributed by atoms with E-state index < -0.39 is 10.0 Å². The first-order chi connectivity index (χ1) is 13.7. The Hall–Kier alpha value is -1.87. The van der Waals surface area contributed by atoms with Crippen LogP contribution in [0.3, 0.4) is 0 Å². The van der Waals surface area contributed by atoms with Gasteiger partial charge < -0.3 is 10.2 Å². The average Bonchev–Trinajstić information content (AvgIpc) is 2.70. The van der Waals surface area contributed by atoms with Crippen molar-refractivity contribution in [2.45, 2.75) is 17.9 Å². The van der Waals surface area contributed by atoms with Crippen LogP contribution in [0, 0.1) is 5.82 Å². The summed E-state index contributed by atoms with van der Waals surface area (Å²) in [6.45, 7) is 2.55. The minimum absolute atomic E-state index is 0.0468. The molecule has 2 amide bonds. The summed E-state index contributed by atoms with van der Waals surface area (Å²) in [5.74, 6) is -0.343. The van der Waals surface area contributed by atoms with Crippen LogP contribution in [-0.2, 0) is 10.0 Å². The smallest absolute Gasteiger partial charge is 0.317 e. The van der Waals surface area contributed by atoms with Crippen molar-refractivity contribution in [1.29, 1.82) is 0 Å². The highest BCUT2D eigenvalue weighted by atomic mass is 35.5. The number of nitrogens with one attached hydrogen (secondary N) is 1. The molecule has 1 fully saturated rings. The largest absolute Gasteiger partial charge is 0.331 e. The Morgan fingerprint density at radius 3 is 2.31 bits per heavy atom. The summed E-state index contributed by atoms with van der Waals surface area (Å²) in [6.07, 6.45) is 0. The first-order valence-corrected chi connectivity index (χ1v) is 11.1. The quantitative estimate of drug-likeness (QED) is 0.753. The van der Waals surface area contributed by atoms with Crippen LogP contribution < -0.4 is 5.32 Å². The van der Waals surface area contributed by atoms with Gasteiger partial charge in [0.25, 0.3) is 0 Å². The molecule has 0 radical (unpaired) electrons. The summed E-state index contributed by atoms with van der Waals surface area (Å²) in [5, 5.41) is 3.22. The minimum Gasteiger partial charge on any atom is -0.331 e. The van der Waals surface area contributed by atoms with Crippen LogP contribution in [0.25, 0.3) is 0 Å². The highest BCUT2D eigenvalue weighted by Gasteiger charge is 2.32. The SMILES string of the molecule is CC(NC(=O)N1CCN(S(=O)(=O)c2cc(Cl)ccc2Cl)CC1)c1ccc(F)cc1. The number of benzene rings is 2. The van der Waals surface area contributed by atoms with Crippen LogP contribution >= 0.6 is 23.2 Å². The Morgan fingerprint density at radius 1 is 1.07 bits per heavy atom. The molecule has 6 nitrogen and oxygen atoms in total. The van der Waals surface area contributed by atoms with E-state index in [-0.39, 0.29) is 59.0 Å². The van der Waals surface area contributed by atoms with Gasteiger partial charge in [0.2, 0.25) is 10.0 Å². The molecular weight excluding hydrogens is 440 g/mol. The molecule has 0 saturated carbocycles. The average molecular weight is 460 g/mol. The molecule has 0 bridgehead atoms. The number of hydrogen-bond acceptors (Lipinski definition) is 3. The molecular formula is C19H20Cl2FN3O3S. The summed E-state index contributed by atoms with van der Waals surface area (Å²) >= 11 is 12.0. The molecule has 10 heteroatoms. The number of hydrogen-bond donors (Lipinski definition) is 1. The fraction of sp³-hybridized carbons (Fsp3) is 0.316. The number of piperazine rings is 1. The van der Waals surface area contributed by atoms with E-state index in [1.807, 2.05) is 0 Å². The van der Waals surface area contributed by atoms with E-state index >= 15 is 0 Å². The van der Waals surface area contributed by atoms with Gasteiger partial charge in [0.15, 0.2) is 0 Å². The number of urea groups is 1. The summed E-state index contributed by atoms with van der Waals surface area (Å²) in [4.78, 5) is 14.0. The molecule has 1 aliphatic rings. The zero-order valence-corrected chi connectivity index (χ0v) is 17.9. The van der Waals surface area contributed by atoms with Crippen molar-refractivity contribution in [2.24, 2.45) is 0 Å². The summed E-state index contributed by atoms with van der Waals surface area (Å²) in [5.41, 5.74) is 0.775. The Labute approximate surface area is 179 Å². The van der Waals surface area contributed by atoms with Crippen molar-refractivity contribution >= 4 is 39.3 Å². The number of nitrogens with zero attached hydrogens (tertiary/aromatic N) is 2. The van der Waals surface area contributed by atoms with Crippen molar-refractivity contribution in [3.05, 3.63) is 63.9 Å². The molecule has 156 valence electrons. The molecule has 1 unspecified atom stereocenters. The molecule has 2 aromatic rings. The lowest BCUT2D eigenvalue weighted by Crippen LogP contribution is -2.53. The lowest BCUT2D eigenvalue weighted by Gasteiger charge is -2.34. The van der Waals surface area contributed by atoms with Crippen LogP contribution in [-0.4, -0.2) is 49.8 Å². The van der Waals surface area contributed by atoms with Gasteiger partial charge in [0.05, 0.1) is 11.1 Å². The topological polar surface area (TPSA) is 69.7 Å². The predicted molar refractivity (Wildman–Crippen MR) is 110 cm³/mol. The molecule has 3 rings (SSSR count). The Kier molecular flexibility index (Phi) is 6.68. The van der Waals surface area contributed by atoms with Gasteiger partial charge in [-0.3, -0.25) is 0 Å². The maximum absolute atomic E-state index is 13.0. The van der Waals surface area contributed by atoms with E-state index in [4.69, 9.17) is 23.2 Å². The summed E-state index contributed by atoms with van der Waals surface area (Å²) in [6, 6.07) is 9.56. The van der Waals surface area contributed by atoms with Gasteiger partial charge in [-0.2, -0.15) is 4.31 Å². The maximum atomic E-state index is 13.0. The van der Waals surface area contributed by atoms with Crippen LogP contribution in [0.4, 0.5) is 9.18 Å². The molecule has 1 aliphatic heterocycles. The Balaban J connectivity index is 1.61. The Bertz CT molecular complexity index is 994. The number of sulfonamides is 1. The van der Waals surface area contributed by atoms with Crippen LogP contribution in [0.15, 0.2) is 47.4 Å². The van der Waals surface area contributed by atoms with Gasteiger partial charge in [-0.05, 0) is 42.8 Å². The molecule has 0 spiro atoms. The highest BCUT2D eigenvalue weighted by Crippen LogP contribution is 2.28. The second kappa shape index (κ2) is 8.87. The second-order valence-corrected chi connectivity index (χ2v) is 9.44. The third-order valence-corrected chi connectivity index (χ3v) is 7.36.